The van der Waals surface area contributed by atoms with E-state index in [1.807, 2.05) is 24.5 Å². The first-order chi connectivity index (χ1) is 12.0. The zero-order chi connectivity index (χ0) is 18.1. The van der Waals surface area contributed by atoms with Crippen LogP contribution in [0.4, 0.5) is 5.82 Å². The van der Waals surface area contributed by atoms with E-state index in [1.54, 1.807) is 18.7 Å². The molecule has 132 valence electrons. The Labute approximate surface area is 150 Å². The monoisotopic (exact) mass is 359 g/mol. The number of nitrogen functional groups attached to an aromatic ring is 1. The number of nitrogens with zero attached hydrogens (tertiary/aromatic N) is 4. The third-order valence-electron chi connectivity index (χ3n) is 3.93. The van der Waals surface area contributed by atoms with Crippen molar-refractivity contribution < 1.29 is 9.47 Å². The van der Waals surface area contributed by atoms with Crippen molar-refractivity contribution in [1.29, 1.82) is 0 Å². The lowest BCUT2D eigenvalue weighted by atomic mass is 9.97. The second-order valence-electron chi connectivity index (χ2n) is 5.79. The number of benzene rings is 1. The Bertz CT molecular complexity index is 923. The Balaban J connectivity index is 2.30. The van der Waals surface area contributed by atoms with Gasteiger partial charge in [-0.15, -0.1) is 5.10 Å². The van der Waals surface area contributed by atoms with Crippen LogP contribution in [0.1, 0.15) is 25.5 Å². The van der Waals surface area contributed by atoms with Gasteiger partial charge in [-0.3, -0.25) is 0 Å². The van der Waals surface area contributed by atoms with Crippen LogP contribution in [-0.2, 0) is 0 Å². The van der Waals surface area contributed by atoms with Crippen molar-refractivity contribution in [3.05, 3.63) is 23.9 Å². The molecule has 3 rings (SSSR count). The largest absolute Gasteiger partial charge is 0.493 e. The van der Waals surface area contributed by atoms with Crippen molar-refractivity contribution in [2.75, 3.05) is 26.2 Å². The summed E-state index contributed by atoms with van der Waals surface area (Å²) in [5, 5.41) is 5.06. The molecule has 0 atom stereocenters. The van der Waals surface area contributed by atoms with E-state index in [-0.39, 0.29) is 5.92 Å². The summed E-state index contributed by atoms with van der Waals surface area (Å²) in [6.45, 7) is 4.16. The minimum Gasteiger partial charge on any atom is -0.493 e. The van der Waals surface area contributed by atoms with E-state index >= 15 is 0 Å². The Kier molecular flexibility index (Phi) is 4.71. The first-order valence-corrected chi connectivity index (χ1v) is 9.05. The highest BCUT2D eigenvalue weighted by atomic mass is 32.2. The third-order valence-corrected chi connectivity index (χ3v) is 4.47. The molecule has 0 saturated heterocycles. The number of fused-ring (bicyclic) bond motifs is 1. The number of rotatable bonds is 5. The second-order valence-corrected chi connectivity index (χ2v) is 6.57. The van der Waals surface area contributed by atoms with Gasteiger partial charge in [0.2, 0.25) is 5.16 Å². The Morgan fingerprint density at radius 3 is 2.44 bits per heavy atom. The van der Waals surface area contributed by atoms with E-state index in [1.165, 1.54) is 11.8 Å². The summed E-state index contributed by atoms with van der Waals surface area (Å²) < 4.78 is 12.3. The molecule has 2 heterocycles. The molecular weight excluding hydrogens is 338 g/mol. The zero-order valence-corrected chi connectivity index (χ0v) is 15.7. The molecule has 0 aliphatic heterocycles. The maximum atomic E-state index is 6.46. The first kappa shape index (κ1) is 17.3. The predicted molar refractivity (Wildman–Crippen MR) is 99.6 cm³/mol. The maximum absolute atomic E-state index is 6.46. The number of hydrogen-bond donors (Lipinski definition) is 1. The molecule has 0 saturated carbocycles. The SMILES string of the molecule is COc1ccc(-c2c(C(C)C)nc3nc(SC)nn3c2N)cc1OC. The van der Waals surface area contributed by atoms with Gasteiger partial charge in [0, 0.05) is 5.56 Å². The van der Waals surface area contributed by atoms with Gasteiger partial charge < -0.3 is 15.2 Å². The van der Waals surface area contributed by atoms with Gasteiger partial charge >= 0.3 is 0 Å². The molecule has 2 aromatic heterocycles. The molecule has 0 aliphatic carbocycles. The Hall–Kier alpha value is -2.48. The number of methoxy groups -OCH3 is 2. The van der Waals surface area contributed by atoms with Crippen molar-refractivity contribution >= 4 is 23.4 Å². The number of ether oxygens (including phenoxy) is 2. The van der Waals surface area contributed by atoms with Gasteiger partial charge in [0.1, 0.15) is 5.82 Å². The highest BCUT2D eigenvalue weighted by Crippen LogP contribution is 2.38. The second kappa shape index (κ2) is 6.79. The van der Waals surface area contributed by atoms with Crippen LogP contribution < -0.4 is 15.2 Å². The lowest BCUT2D eigenvalue weighted by Crippen LogP contribution is -2.09. The van der Waals surface area contributed by atoms with Gasteiger partial charge in [-0.25, -0.2) is 4.98 Å². The molecule has 7 nitrogen and oxygen atoms in total. The molecule has 0 spiro atoms. The molecule has 0 radical (unpaired) electrons. The van der Waals surface area contributed by atoms with Gasteiger partial charge in [-0.05, 0) is 29.9 Å². The van der Waals surface area contributed by atoms with Crippen LogP contribution >= 0.6 is 11.8 Å². The van der Waals surface area contributed by atoms with Crippen LogP contribution in [0.25, 0.3) is 16.9 Å². The number of nitrogens with two attached hydrogens (primary N) is 1. The summed E-state index contributed by atoms with van der Waals surface area (Å²) in [5.41, 5.74) is 9.06. The number of hydrogen-bond acceptors (Lipinski definition) is 7. The van der Waals surface area contributed by atoms with Gasteiger partial charge in [-0.1, -0.05) is 31.7 Å². The van der Waals surface area contributed by atoms with Crippen LogP contribution in [0, 0.1) is 0 Å². The van der Waals surface area contributed by atoms with E-state index in [0.29, 0.717) is 28.3 Å². The van der Waals surface area contributed by atoms with E-state index in [0.717, 1.165) is 16.8 Å². The van der Waals surface area contributed by atoms with Crippen LogP contribution in [-0.4, -0.2) is 40.1 Å². The van der Waals surface area contributed by atoms with Crippen molar-refractivity contribution in [1.82, 2.24) is 19.6 Å². The summed E-state index contributed by atoms with van der Waals surface area (Å²) in [4.78, 5) is 9.11. The Morgan fingerprint density at radius 2 is 1.84 bits per heavy atom. The molecular formula is C17H21N5O2S. The topological polar surface area (TPSA) is 87.6 Å². The Morgan fingerprint density at radius 1 is 1.12 bits per heavy atom. The fourth-order valence-electron chi connectivity index (χ4n) is 2.71. The zero-order valence-electron chi connectivity index (χ0n) is 14.9. The summed E-state index contributed by atoms with van der Waals surface area (Å²) >= 11 is 1.46. The van der Waals surface area contributed by atoms with Gasteiger partial charge in [-0.2, -0.15) is 9.50 Å². The highest BCUT2D eigenvalue weighted by molar-refractivity contribution is 7.98. The fourth-order valence-corrected chi connectivity index (χ4v) is 3.05. The third kappa shape index (κ3) is 2.97. The van der Waals surface area contributed by atoms with Crippen LogP contribution in [0.15, 0.2) is 23.4 Å². The molecule has 0 fully saturated rings. The number of anilines is 1. The van der Waals surface area contributed by atoms with Crippen molar-refractivity contribution in [3.63, 3.8) is 0 Å². The van der Waals surface area contributed by atoms with E-state index in [9.17, 15) is 0 Å². The predicted octanol–water partition coefficient (Wildman–Crippen LogP) is 3.24. The van der Waals surface area contributed by atoms with E-state index in [4.69, 9.17) is 20.2 Å². The average Bonchev–Trinajstić information content (AvgIpc) is 3.04. The molecule has 0 unspecified atom stereocenters. The minimum atomic E-state index is 0.171. The van der Waals surface area contributed by atoms with Crippen LogP contribution in [0.5, 0.6) is 11.5 Å². The molecule has 0 amide bonds. The molecule has 0 aliphatic rings. The van der Waals surface area contributed by atoms with E-state index in [2.05, 4.69) is 23.9 Å². The summed E-state index contributed by atoms with van der Waals surface area (Å²) in [7, 11) is 3.22. The van der Waals surface area contributed by atoms with Crippen molar-refractivity contribution in [3.8, 4) is 22.6 Å². The molecule has 25 heavy (non-hydrogen) atoms. The molecule has 2 N–H and O–H groups in total. The minimum absolute atomic E-state index is 0.171. The molecule has 0 bridgehead atoms. The quantitative estimate of drug-likeness (QED) is 0.700. The maximum Gasteiger partial charge on any atom is 0.255 e. The number of thioether (sulfide) groups is 1. The standard InChI is InChI=1S/C17H21N5O2S/c1-9(2)14-13(10-6-7-11(23-3)12(8-10)24-4)15(18)22-16(19-14)20-17(21-22)25-5/h6-9H,18H2,1-5H3. The smallest absolute Gasteiger partial charge is 0.255 e. The van der Waals surface area contributed by atoms with Gasteiger partial charge in [0.25, 0.3) is 5.78 Å². The van der Waals surface area contributed by atoms with Gasteiger partial charge in [0.15, 0.2) is 11.5 Å². The van der Waals surface area contributed by atoms with Crippen molar-refractivity contribution in [2.24, 2.45) is 0 Å². The summed E-state index contributed by atoms with van der Waals surface area (Å²) in [6, 6.07) is 5.70. The van der Waals surface area contributed by atoms with Crippen molar-refractivity contribution in [2.45, 2.75) is 24.9 Å². The summed E-state index contributed by atoms with van der Waals surface area (Å²) in [6.07, 6.45) is 1.92. The van der Waals surface area contributed by atoms with Gasteiger partial charge in [0.05, 0.1) is 19.9 Å². The molecule has 8 heteroatoms. The number of aromatic nitrogens is 4. The summed E-state index contributed by atoms with van der Waals surface area (Å²) in [5.74, 6) is 2.49. The molecule has 3 aromatic rings. The first-order valence-electron chi connectivity index (χ1n) is 7.82. The average molecular weight is 359 g/mol. The lowest BCUT2D eigenvalue weighted by Gasteiger charge is -2.16. The highest BCUT2D eigenvalue weighted by Gasteiger charge is 2.21. The van der Waals surface area contributed by atoms with E-state index < -0.39 is 0 Å². The normalized spacial score (nSPS) is 11.3. The molecule has 1 aromatic carbocycles. The fraction of sp³-hybridized carbons (Fsp3) is 0.353. The van der Waals surface area contributed by atoms with Crippen LogP contribution in [0.3, 0.4) is 0 Å². The lowest BCUT2D eigenvalue weighted by molar-refractivity contribution is 0.355. The van der Waals surface area contributed by atoms with Crippen LogP contribution in [0.2, 0.25) is 0 Å².